The molecule has 0 aliphatic rings. The van der Waals surface area contributed by atoms with Crippen molar-refractivity contribution >= 4 is 11.9 Å². The van der Waals surface area contributed by atoms with Crippen molar-refractivity contribution in [3.63, 3.8) is 0 Å². The van der Waals surface area contributed by atoms with Gasteiger partial charge in [0.05, 0.1) is 0 Å². The maximum atomic E-state index is 5.00. The highest BCUT2D eigenvalue weighted by molar-refractivity contribution is 5.43. The molecule has 2 rings (SSSR count). The van der Waals surface area contributed by atoms with E-state index in [0.29, 0.717) is 5.84 Å². The lowest BCUT2D eigenvalue weighted by molar-refractivity contribution is 0.594. The van der Waals surface area contributed by atoms with Crippen LogP contribution in [0.1, 0.15) is 5.69 Å². The maximum absolute atomic E-state index is 5.00. The second-order valence-corrected chi connectivity index (χ2v) is 1.82. The van der Waals surface area contributed by atoms with Crippen LogP contribution in [0.3, 0.4) is 0 Å². The number of hydrogen-bond acceptors (Lipinski definition) is 3. The monoisotopic (exact) mass is 135 g/mol. The van der Waals surface area contributed by atoms with Gasteiger partial charge in [-0.1, -0.05) is 6.58 Å². The molecule has 0 saturated carbocycles. The van der Waals surface area contributed by atoms with Crippen LogP contribution in [0.15, 0.2) is 23.6 Å². The van der Waals surface area contributed by atoms with Crippen molar-refractivity contribution in [2.45, 2.75) is 0 Å². The van der Waals surface area contributed by atoms with Gasteiger partial charge < -0.3 is 4.42 Å². The molecule has 0 unspecified atom stereocenters. The summed E-state index contributed by atoms with van der Waals surface area (Å²) in [6, 6.07) is 0. The molecule has 10 heavy (non-hydrogen) atoms. The molecular formula is C6H5N3O. The lowest BCUT2D eigenvalue weighted by atomic mass is 10.5. The average molecular weight is 135 g/mol. The normalized spacial score (nSPS) is 10.4. The van der Waals surface area contributed by atoms with Crippen molar-refractivity contribution in [3.8, 4) is 0 Å². The molecule has 50 valence electrons. The molecule has 0 spiro atoms. The molecule has 0 N–H and O–H groups in total. The fourth-order valence-corrected chi connectivity index (χ4v) is 0.786. The standard InChI is InChI=1S/C6H5N3O/c1-2-5-3-10-6-7-4-8-9(5)6/h2-4H,1H2. The van der Waals surface area contributed by atoms with Gasteiger partial charge in [0.1, 0.15) is 18.3 Å². The molecule has 0 aliphatic heterocycles. The van der Waals surface area contributed by atoms with E-state index in [2.05, 4.69) is 16.7 Å². The molecule has 2 aromatic heterocycles. The number of fused-ring (bicyclic) bond motifs is 1. The third kappa shape index (κ3) is 0.500. The second kappa shape index (κ2) is 1.70. The Hall–Kier alpha value is -1.58. The molecule has 0 aliphatic carbocycles. The van der Waals surface area contributed by atoms with Crippen molar-refractivity contribution < 1.29 is 4.42 Å². The van der Waals surface area contributed by atoms with E-state index in [1.165, 1.54) is 6.33 Å². The van der Waals surface area contributed by atoms with Gasteiger partial charge in [-0.15, -0.1) is 0 Å². The topological polar surface area (TPSA) is 43.3 Å². The maximum Gasteiger partial charge on any atom is 0.324 e. The van der Waals surface area contributed by atoms with Crippen LogP contribution in [0.25, 0.3) is 11.9 Å². The molecule has 4 heteroatoms. The minimum Gasteiger partial charge on any atom is -0.430 e. The zero-order chi connectivity index (χ0) is 6.97. The van der Waals surface area contributed by atoms with Gasteiger partial charge in [0, 0.05) is 0 Å². The van der Waals surface area contributed by atoms with Crippen molar-refractivity contribution in [1.82, 2.24) is 14.6 Å². The fourth-order valence-electron chi connectivity index (χ4n) is 0.786. The number of hydrogen-bond donors (Lipinski definition) is 0. The van der Waals surface area contributed by atoms with Crippen LogP contribution in [0.5, 0.6) is 0 Å². The summed E-state index contributed by atoms with van der Waals surface area (Å²) < 4.78 is 6.57. The third-order valence-electron chi connectivity index (χ3n) is 1.26. The van der Waals surface area contributed by atoms with E-state index in [-0.39, 0.29) is 0 Å². The van der Waals surface area contributed by atoms with Crippen molar-refractivity contribution in [3.05, 3.63) is 24.9 Å². The zero-order valence-corrected chi connectivity index (χ0v) is 5.19. The van der Waals surface area contributed by atoms with Crippen molar-refractivity contribution in [1.29, 1.82) is 0 Å². The van der Waals surface area contributed by atoms with Crippen LogP contribution < -0.4 is 0 Å². The van der Waals surface area contributed by atoms with Crippen LogP contribution in [0.4, 0.5) is 0 Å². The Kier molecular flexibility index (Phi) is 0.887. The van der Waals surface area contributed by atoms with E-state index < -0.39 is 0 Å². The highest BCUT2D eigenvalue weighted by atomic mass is 16.3. The molecule has 0 amide bonds. The Morgan fingerprint density at radius 3 is 3.40 bits per heavy atom. The van der Waals surface area contributed by atoms with Crippen LogP contribution in [-0.2, 0) is 0 Å². The Labute approximate surface area is 56.8 Å². The van der Waals surface area contributed by atoms with Gasteiger partial charge in [0.2, 0.25) is 0 Å². The number of aromatic nitrogens is 3. The highest BCUT2D eigenvalue weighted by Crippen LogP contribution is 2.05. The largest absolute Gasteiger partial charge is 0.430 e. The molecule has 0 atom stereocenters. The van der Waals surface area contributed by atoms with Gasteiger partial charge >= 0.3 is 5.84 Å². The molecule has 4 nitrogen and oxygen atoms in total. The predicted molar refractivity (Wildman–Crippen MR) is 35.3 cm³/mol. The number of nitrogens with zero attached hydrogens (tertiary/aromatic N) is 3. The first-order valence-electron chi connectivity index (χ1n) is 2.81. The first-order chi connectivity index (χ1) is 4.92. The highest BCUT2D eigenvalue weighted by Gasteiger charge is 2.01. The average Bonchev–Trinajstić information content (AvgIpc) is 2.44. The molecule has 0 bridgehead atoms. The Bertz CT molecular complexity index is 360. The summed E-state index contributed by atoms with van der Waals surface area (Å²) in [5.74, 6) is 0.495. The Morgan fingerprint density at radius 1 is 1.70 bits per heavy atom. The van der Waals surface area contributed by atoms with Crippen molar-refractivity contribution in [2.75, 3.05) is 0 Å². The van der Waals surface area contributed by atoms with Crippen LogP contribution in [0.2, 0.25) is 0 Å². The Morgan fingerprint density at radius 2 is 2.60 bits per heavy atom. The van der Waals surface area contributed by atoms with Crippen LogP contribution >= 0.6 is 0 Å². The smallest absolute Gasteiger partial charge is 0.324 e. The summed E-state index contributed by atoms with van der Waals surface area (Å²) in [5, 5.41) is 3.89. The summed E-state index contributed by atoms with van der Waals surface area (Å²) in [6.07, 6.45) is 4.65. The summed E-state index contributed by atoms with van der Waals surface area (Å²) in [6.45, 7) is 3.58. The summed E-state index contributed by atoms with van der Waals surface area (Å²) in [7, 11) is 0. The van der Waals surface area contributed by atoms with Gasteiger partial charge in [-0.2, -0.15) is 14.6 Å². The van der Waals surface area contributed by atoms with Gasteiger partial charge in [-0.05, 0) is 6.08 Å². The summed E-state index contributed by atoms with van der Waals surface area (Å²) >= 11 is 0. The fraction of sp³-hybridized carbons (Fsp3) is 0. The second-order valence-electron chi connectivity index (χ2n) is 1.82. The lowest BCUT2D eigenvalue weighted by Gasteiger charge is -1.79. The molecule has 0 fully saturated rings. The minimum atomic E-state index is 0.495. The van der Waals surface area contributed by atoms with Gasteiger partial charge in [-0.3, -0.25) is 0 Å². The first-order valence-corrected chi connectivity index (χ1v) is 2.81. The van der Waals surface area contributed by atoms with Crippen LogP contribution in [0, 0.1) is 0 Å². The van der Waals surface area contributed by atoms with E-state index in [1.807, 2.05) is 0 Å². The predicted octanol–water partition coefficient (Wildman–Crippen LogP) is 0.965. The van der Waals surface area contributed by atoms with Gasteiger partial charge in [0.25, 0.3) is 0 Å². The molecule has 2 heterocycles. The van der Waals surface area contributed by atoms with Gasteiger partial charge in [0.15, 0.2) is 0 Å². The van der Waals surface area contributed by atoms with E-state index in [4.69, 9.17) is 4.42 Å². The van der Waals surface area contributed by atoms with E-state index in [9.17, 15) is 0 Å². The number of oxazole rings is 1. The molecular weight excluding hydrogens is 130 g/mol. The summed E-state index contributed by atoms with van der Waals surface area (Å²) in [4.78, 5) is 3.82. The van der Waals surface area contributed by atoms with E-state index >= 15 is 0 Å². The quantitative estimate of drug-likeness (QED) is 0.585. The third-order valence-corrected chi connectivity index (χ3v) is 1.26. The lowest BCUT2D eigenvalue weighted by Crippen LogP contribution is -1.83. The van der Waals surface area contributed by atoms with E-state index in [0.717, 1.165) is 5.69 Å². The first kappa shape index (κ1) is 5.22. The van der Waals surface area contributed by atoms with Crippen LogP contribution in [-0.4, -0.2) is 14.6 Å². The summed E-state index contributed by atoms with van der Waals surface area (Å²) in [5.41, 5.74) is 0.812. The molecule has 0 aromatic carbocycles. The molecule has 0 radical (unpaired) electrons. The molecule has 0 saturated heterocycles. The van der Waals surface area contributed by atoms with E-state index in [1.54, 1.807) is 16.9 Å². The SMILES string of the molecule is C=Cc1coc2ncnn12. The Balaban J connectivity index is 2.88. The minimum absolute atomic E-state index is 0.495. The van der Waals surface area contributed by atoms with Crippen molar-refractivity contribution in [2.24, 2.45) is 0 Å². The van der Waals surface area contributed by atoms with Gasteiger partial charge in [-0.25, -0.2) is 0 Å². The number of rotatable bonds is 1. The molecule has 2 aromatic rings. The zero-order valence-electron chi connectivity index (χ0n) is 5.19.